The molecule has 1 aromatic carbocycles. The Bertz CT molecular complexity index is 704. The molecule has 0 atom stereocenters. The van der Waals surface area contributed by atoms with Crippen LogP contribution in [-0.2, 0) is 6.42 Å². The van der Waals surface area contributed by atoms with Gasteiger partial charge in [-0.1, -0.05) is 18.2 Å². The lowest BCUT2D eigenvalue weighted by molar-refractivity contribution is 0.370. The van der Waals surface area contributed by atoms with Crippen LogP contribution in [0.25, 0.3) is 0 Å². The Balaban J connectivity index is 0.00000243. The maximum atomic E-state index is 13.7. The summed E-state index contributed by atoms with van der Waals surface area (Å²) in [5.41, 5.74) is 0.719. The lowest BCUT2D eigenvalue weighted by Crippen LogP contribution is -2.53. The highest BCUT2D eigenvalue weighted by Gasteiger charge is 2.20. The van der Waals surface area contributed by atoms with Gasteiger partial charge < -0.3 is 15.1 Å². The number of hydrogen-bond acceptors (Lipinski definition) is 4. The van der Waals surface area contributed by atoms with Gasteiger partial charge in [-0.05, 0) is 24.1 Å². The molecule has 1 aliphatic heterocycles. The smallest absolute Gasteiger partial charge is 0.225 e. The molecule has 1 aromatic heterocycles. The average Bonchev–Trinajstić information content (AvgIpc) is 2.67. The topological polar surface area (TPSA) is 56.7 Å². The van der Waals surface area contributed by atoms with E-state index in [4.69, 9.17) is 0 Å². The summed E-state index contributed by atoms with van der Waals surface area (Å²) in [5.74, 6) is 1.46. The van der Waals surface area contributed by atoms with E-state index in [9.17, 15) is 4.39 Å². The first-order valence-corrected chi connectivity index (χ1v) is 8.49. The van der Waals surface area contributed by atoms with Crippen LogP contribution in [0, 0.1) is 5.82 Å². The Kier molecular flexibility index (Phi) is 8.02. The molecule has 0 spiro atoms. The second-order valence-corrected chi connectivity index (χ2v) is 5.84. The molecule has 0 bridgehead atoms. The third-order valence-electron chi connectivity index (χ3n) is 4.26. The third-order valence-corrected chi connectivity index (χ3v) is 4.26. The first-order valence-electron chi connectivity index (χ1n) is 8.49. The van der Waals surface area contributed by atoms with Gasteiger partial charge in [0, 0.05) is 52.2 Å². The van der Waals surface area contributed by atoms with Gasteiger partial charge in [-0.3, -0.25) is 4.99 Å². The van der Waals surface area contributed by atoms with Crippen molar-refractivity contribution in [1.82, 2.24) is 20.2 Å². The van der Waals surface area contributed by atoms with E-state index in [2.05, 4.69) is 30.1 Å². The van der Waals surface area contributed by atoms with Crippen molar-refractivity contribution in [1.29, 1.82) is 0 Å². The van der Waals surface area contributed by atoms with Crippen LogP contribution in [0.5, 0.6) is 0 Å². The summed E-state index contributed by atoms with van der Waals surface area (Å²) < 4.78 is 13.7. The molecule has 0 radical (unpaired) electrons. The van der Waals surface area contributed by atoms with Crippen LogP contribution in [0.1, 0.15) is 5.56 Å². The molecule has 0 amide bonds. The second kappa shape index (κ2) is 10.2. The van der Waals surface area contributed by atoms with Gasteiger partial charge in [0.2, 0.25) is 5.95 Å². The van der Waals surface area contributed by atoms with Gasteiger partial charge in [0.25, 0.3) is 0 Å². The summed E-state index contributed by atoms with van der Waals surface area (Å²) in [6, 6.07) is 8.70. The number of rotatable bonds is 4. The van der Waals surface area contributed by atoms with Crippen LogP contribution in [0.3, 0.4) is 0 Å². The van der Waals surface area contributed by atoms with Crippen molar-refractivity contribution in [3.05, 3.63) is 54.1 Å². The number of nitrogens with one attached hydrogen (secondary N) is 1. The maximum absolute atomic E-state index is 13.7. The molecule has 1 aliphatic rings. The van der Waals surface area contributed by atoms with Crippen LogP contribution in [0.4, 0.5) is 10.3 Å². The Hall–Kier alpha value is -1.97. The number of guanidine groups is 1. The van der Waals surface area contributed by atoms with Crippen LogP contribution < -0.4 is 10.2 Å². The highest BCUT2D eigenvalue weighted by atomic mass is 127. The molecule has 2 aromatic rings. The lowest BCUT2D eigenvalue weighted by atomic mass is 10.1. The van der Waals surface area contributed by atoms with Crippen LogP contribution in [0.15, 0.2) is 47.7 Å². The van der Waals surface area contributed by atoms with Crippen LogP contribution in [-0.4, -0.2) is 60.6 Å². The highest BCUT2D eigenvalue weighted by molar-refractivity contribution is 14.0. The zero-order valence-corrected chi connectivity index (χ0v) is 17.1. The van der Waals surface area contributed by atoms with E-state index >= 15 is 0 Å². The molecule has 1 saturated heterocycles. The van der Waals surface area contributed by atoms with Crippen molar-refractivity contribution < 1.29 is 4.39 Å². The van der Waals surface area contributed by atoms with Crippen molar-refractivity contribution in [2.45, 2.75) is 6.42 Å². The van der Waals surface area contributed by atoms with Crippen LogP contribution >= 0.6 is 24.0 Å². The molecule has 0 aliphatic carbocycles. The normalized spacial score (nSPS) is 14.8. The first kappa shape index (κ1) is 20.3. The molecular formula is C18H24FIN6. The number of nitrogens with zero attached hydrogens (tertiary/aromatic N) is 5. The number of anilines is 1. The van der Waals surface area contributed by atoms with E-state index in [-0.39, 0.29) is 29.8 Å². The minimum absolute atomic E-state index is 0. The van der Waals surface area contributed by atoms with Crippen molar-refractivity contribution in [2.24, 2.45) is 4.99 Å². The summed E-state index contributed by atoms with van der Waals surface area (Å²) >= 11 is 0. The number of halogens is 2. The molecule has 2 heterocycles. The monoisotopic (exact) mass is 470 g/mol. The molecule has 0 unspecified atom stereocenters. The molecule has 0 saturated carbocycles. The Morgan fingerprint density at radius 3 is 2.46 bits per heavy atom. The van der Waals surface area contributed by atoms with Gasteiger partial charge in [-0.25, -0.2) is 14.4 Å². The Morgan fingerprint density at radius 1 is 1.12 bits per heavy atom. The third kappa shape index (κ3) is 5.26. The number of hydrogen-bond donors (Lipinski definition) is 1. The first-order chi connectivity index (χ1) is 12.3. The minimum atomic E-state index is -0.157. The van der Waals surface area contributed by atoms with Gasteiger partial charge >= 0.3 is 0 Å². The zero-order chi connectivity index (χ0) is 17.5. The average molecular weight is 470 g/mol. The molecule has 8 heteroatoms. The molecule has 1 fully saturated rings. The van der Waals surface area contributed by atoms with E-state index < -0.39 is 0 Å². The maximum Gasteiger partial charge on any atom is 0.225 e. The fourth-order valence-corrected chi connectivity index (χ4v) is 2.92. The van der Waals surface area contributed by atoms with Crippen molar-refractivity contribution in [2.75, 3.05) is 44.7 Å². The number of aromatic nitrogens is 2. The standard InChI is InChI=1S/C18H23FN6.HI/c1-20-17(23-10-7-15-5-2-3-6-16(15)19)24-11-13-25(14-12-24)18-21-8-4-9-22-18;/h2-6,8-9H,7,10-14H2,1H3,(H,20,23);1H. The quantitative estimate of drug-likeness (QED) is 0.422. The van der Waals surface area contributed by atoms with E-state index in [0.717, 1.165) is 43.7 Å². The van der Waals surface area contributed by atoms with E-state index in [1.165, 1.54) is 6.07 Å². The summed E-state index contributed by atoms with van der Waals surface area (Å²) in [4.78, 5) is 17.3. The van der Waals surface area contributed by atoms with E-state index in [0.29, 0.717) is 13.0 Å². The summed E-state index contributed by atoms with van der Waals surface area (Å²) in [6.07, 6.45) is 4.15. The number of benzene rings is 1. The van der Waals surface area contributed by atoms with Gasteiger partial charge in [0.1, 0.15) is 5.82 Å². The molecule has 6 nitrogen and oxygen atoms in total. The largest absolute Gasteiger partial charge is 0.356 e. The fourth-order valence-electron chi connectivity index (χ4n) is 2.92. The molecular weight excluding hydrogens is 446 g/mol. The summed E-state index contributed by atoms with van der Waals surface area (Å²) in [7, 11) is 1.78. The number of piperazine rings is 1. The van der Waals surface area contributed by atoms with Crippen molar-refractivity contribution in [3.8, 4) is 0 Å². The summed E-state index contributed by atoms with van der Waals surface area (Å²) in [5, 5.41) is 3.33. The molecule has 140 valence electrons. The van der Waals surface area contributed by atoms with Gasteiger partial charge in [0.05, 0.1) is 0 Å². The predicted molar refractivity (Wildman–Crippen MR) is 113 cm³/mol. The van der Waals surface area contributed by atoms with E-state index in [1.807, 2.05) is 18.2 Å². The van der Waals surface area contributed by atoms with Gasteiger partial charge in [-0.2, -0.15) is 0 Å². The Morgan fingerprint density at radius 2 is 1.81 bits per heavy atom. The Labute approximate surface area is 170 Å². The highest BCUT2D eigenvalue weighted by Crippen LogP contribution is 2.10. The SMILES string of the molecule is CN=C(NCCc1ccccc1F)N1CCN(c2ncccn2)CC1.I. The van der Waals surface area contributed by atoms with E-state index in [1.54, 1.807) is 25.5 Å². The molecule has 26 heavy (non-hydrogen) atoms. The molecule has 3 rings (SSSR count). The van der Waals surface area contributed by atoms with Gasteiger partial charge in [0.15, 0.2) is 5.96 Å². The zero-order valence-electron chi connectivity index (χ0n) is 14.8. The van der Waals surface area contributed by atoms with Crippen molar-refractivity contribution in [3.63, 3.8) is 0 Å². The number of aliphatic imine (C=N–C) groups is 1. The van der Waals surface area contributed by atoms with Crippen molar-refractivity contribution >= 4 is 35.9 Å². The summed E-state index contributed by atoms with van der Waals surface area (Å²) in [6.45, 7) is 4.03. The molecule has 1 N–H and O–H groups in total. The van der Waals surface area contributed by atoms with Crippen LogP contribution in [0.2, 0.25) is 0 Å². The lowest BCUT2D eigenvalue weighted by Gasteiger charge is -2.36. The fraction of sp³-hybridized carbons (Fsp3) is 0.389. The predicted octanol–water partition coefficient (Wildman–Crippen LogP) is 2.17. The second-order valence-electron chi connectivity index (χ2n) is 5.84. The minimum Gasteiger partial charge on any atom is -0.356 e. The van der Waals surface area contributed by atoms with Gasteiger partial charge in [-0.15, -0.1) is 24.0 Å².